The maximum Gasteiger partial charge on any atom is 0.348 e. The van der Waals surface area contributed by atoms with E-state index in [0.717, 1.165) is 17.1 Å². The molecule has 1 radical (unpaired) electrons. The first kappa shape index (κ1) is 16.9. The molecule has 3 aromatic rings. The highest BCUT2D eigenvalue weighted by molar-refractivity contribution is 7.07. The van der Waals surface area contributed by atoms with Crippen LogP contribution in [-0.4, -0.2) is 26.9 Å². The van der Waals surface area contributed by atoms with E-state index < -0.39 is 0 Å². The zero-order valence-corrected chi connectivity index (χ0v) is 14.7. The molecule has 1 aliphatic rings. The van der Waals surface area contributed by atoms with Crippen molar-refractivity contribution in [1.29, 1.82) is 0 Å². The summed E-state index contributed by atoms with van der Waals surface area (Å²) in [5, 5.41) is 16.9. The second kappa shape index (κ2) is 6.96. The van der Waals surface area contributed by atoms with Crippen LogP contribution in [0.15, 0.2) is 53.4 Å². The third-order valence-electron chi connectivity index (χ3n) is 3.94. The van der Waals surface area contributed by atoms with Crippen LogP contribution in [0.3, 0.4) is 0 Å². The number of benzene rings is 2. The van der Waals surface area contributed by atoms with Gasteiger partial charge in [0.1, 0.15) is 0 Å². The fourth-order valence-electron chi connectivity index (χ4n) is 2.71. The Kier molecular flexibility index (Phi) is 4.35. The first-order valence-corrected chi connectivity index (χ1v) is 8.96. The van der Waals surface area contributed by atoms with E-state index in [1.165, 1.54) is 23.5 Å². The van der Waals surface area contributed by atoms with Crippen LogP contribution in [0.2, 0.25) is 0 Å². The third-order valence-corrected chi connectivity index (χ3v) is 4.52. The Morgan fingerprint density at radius 3 is 2.96 bits per heavy atom. The van der Waals surface area contributed by atoms with Crippen LogP contribution in [0.25, 0.3) is 0 Å². The Morgan fingerprint density at radius 1 is 1.30 bits per heavy atom. The van der Waals surface area contributed by atoms with Gasteiger partial charge in [-0.3, -0.25) is 4.79 Å². The molecule has 0 unspecified atom stereocenters. The SMILES string of the molecule is O=C(Cc1cccc([N+](=O)O)c1)Nc1ccc2c(c1)[N+]=C(c1cscn1)N2. The molecule has 0 fully saturated rings. The lowest BCUT2D eigenvalue weighted by Crippen LogP contribution is -2.14. The molecule has 1 aliphatic heterocycles. The van der Waals surface area contributed by atoms with Gasteiger partial charge in [0.25, 0.3) is 4.92 Å². The summed E-state index contributed by atoms with van der Waals surface area (Å²) in [6, 6.07) is 11.6. The number of aromatic nitrogens is 1. The van der Waals surface area contributed by atoms with E-state index in [2.05, 4.69) is 20.6 Å². The van der Waals surface area contributed by atoms with Gasteiger partial charge < -0.3 is 5.32 Å². The fourth-order valence-corrected chi connectivity index (χ4v) is 3.25. The molecule has 2 heterocycles. The van der Waals surface area contributed by atoms with Gasteiger partial charge in [0, 0.05) is 29.3 Å². The van der Waals surface area contributed by atoms with Crippen molar-refractivity contribution >= 4 is 45.8 Å². The zero-order valence-electron chi connectivity index (χ0n) is 13.9. The molecule has 0 saturated heterocycles. The summed E-state index contributed by atoms with van der Waals surface area (Å²) < 4.78 is 0. The molecule has 0 saturated carbocycles. The molecule has 0 aliphatic carbocycles. The minimum absolute atomic E-state index is 0.0738. The van der Waals surface area contributed by atoms with Gasteiger partial charge in [0.05, 0.1) is 16.8 Å². The Labute approximate surface area is 157 Å². The summed E-state index contributed by atoms with van der Waals surface area (Å²) in [4.78, 5) is 31.7. The predicted octanol–water partition coefficient (Wildman–Crippen LogP) is 2.96. The van der Waals surface area contributed by atoms with Crippen LogP contribution in [0.5, 0.6) is 0 Å². The maximum absolute atomic E-state index is 12.3. The number of amidine groups is 1. The smallest absolute Gasteiger partial charge is 0.326 e. The zero-order chi connectivity index (χ0) is 18.8. The average molecular weight is 380 g/mol. The van der Waals surface area contributed by atoms with Crippen LogP contribution >= 0.6 is 11.3 Å². The average Bonchev–Trinajstić information content (AvgIpc) is 3.30. The molecular weight excluding hydrogens is 366 g/mol. The van der Waals surface area contributed by atoms with Gasteiger partial charge in [-0.05, 0) is 22.7 Å². The third kappa shape index (κ3) is 3.67. The number of nitrogens with zero attached hydrogens (tertiary/aromatic N) is 3. The lowest BCUT2D eigenvalue weighted by atomic mass is 10.1. The highest BCUT2D eigenvalue weighted by Crippen LogP contribution is 2.29. The molecule has 0 bridgehead atoms. The van der Waals surface area contributed by atoms with Gasteiger partial charge in [-0.15, -0.1) is 11.3 Å². The van der Waals surface area contributed by atoms with E-state index in [0.29, 0.717) is 17.1 Å². The number of aliphatic imine (C=N–C) groups is 1. The highest BCUT2D eigenvalue weighted by atomic mass is 32.1. The molecule has 8 nitrogen and oxygen atoms in total. The largest absolute Gasteiger partial charge is 0.348 e. The number of anilines is 2. The van der Waals surface area contributed by atoms with Gasteiger partial charge in [0.2, 0.25) is 11.6 Å². The van der Waals surface area contributed by atoms with E-state index in [1.807, 2.05) is 11.4 Å². The Balaban J connectivity index is 1.46. The van der Waals surface area contributed by atoms with Crippen molar-refractivity contribution < 1.29 is 14.9 Å². The number of amides is 1. The van der Waals surface area contributed by atoms with Crippen molar-refractivity contribution in [3.05, 3.63) is 69.5 Å². The van der Waals surface area contributed by atoms with E-state index >= 15 is 0 Å². The van der Waals surface area contributed by atoms with Crippen molar-refractivity contribution in [1.82, 2.24) is 9.98 Å². The molecular formula is C18H14N5O3S+2. The second-order valence-electron chi connectivity index (χ2n) is 5.86. The molecule has 27 heavy (non-hydrogen) atoms. The monoisotopic (exact) mass is 380 g/mol. The molecule has 1 aromatic heterocycles. The Morgan fingerprint density at radius 2 is 2.19 bits per heavy atom. The summed E-state index contributed by atoms with van der Waals surface area (Å²) in [6.07, 6.45) is 0.0738. The summed E-state index contributed by atoms with van der Waals surface area (Å²) in [5.41, 5.74) is 5.40. The summed E-state index contributed by atoms with van der Waals surface area (Å²) in [7, 11) is 0. The Hall–Kier alpha value is -3.59. The molecule has 133 valence electrons. The van der Waals surface area contributed by atoms with Gasteiger partial charge in [-0.1, -0.05) is 12.1 Å². The van der Waals surface area contributed by atoms with E-state index in [1.54, 1.807) is 29.8 Å². The van der Waals surface area contributed by atoms with Gasteiger partial charge in [-0.25, -0.2) is 15.5 Å². The molecule has 1 amide bonds. The molecule has 2 aromatic carbocycles. The standard InChI is InChI=1S/C18H13N5O3S/c24-17(7-11-2-1-3-13(6-11)23(25)26)20-12-4-5-14-15(8-12)22-18(21-14)16-9-27-10-19-16/h1-6,8-10,21H,7H2,(H-,20,24,25,26)/q+1/p+1. The Bertz CT molecular complexity index is 1060. The number of hydrogen-bond acceptors (Lipinski definition) is 6. The lowest BCUT2D eigenvalue weighted by molar-refractivity contribution is -0.729. The number of carbonyl (C=O) groups excluding carboxylic acids is 1. The van der Waals surface area contributed by atoms with Crippen molar-refractivity contribution in [2.24, 2.45) is 0 Å². The van der Waals surface area contributed by atoms with Crippen LogP contribution in [0.1, 0.15) is 11.3 Å². The molecule has 9 heteroatoms. The fraction of sp³-hybridized carbons (Fsp3) is 0.0556. The minimum Gasteiger partial charge on any atom is -0.326 e. The van der Waals surface area contributed by atoms with Gasteiger partial charge in [0.15, 0.2) is 11.4 Å². The predicted molar refractivity (Wildman–Crippen MR) is 102 cm³/mol. The summed E-state index contributed by atoms with van der Waals surface area (Å²) in [6.45, 7) is 0. The number of hydrogen-bond donors (Lipinski definition) is 3. The van der Waals surface area contributed by atoms with E-state index in [4.69, 9.17) is 5.21 Å². The number of nitrogens with one attached hydrogen (secondary N) is 2. The van der Waals surface area contributed by atoms with Crippen LogP contribution in [0.4, 0.5) is 22.7 Å². The number of thiazole rings is 1. The minimum atomic E-state index is -0.239. The maximum atomic E-state index is 12.3. The molecule has 0 spiro atoms. The topological polar surface area (TPSA) is 108 Å². The summed E-state index contributed by atoms with van der Waals surface area (Å²) in [5.74, 6) is 0.440. The summed E-state index contributed by atoms with van der Waals surface area (Å²) >= 11 is 1.49. The van der Waals surface area contributed by atoms with Crippen molar-refractivity contribution in [3.8, 4) is 0 Å². The quantitative estimate of drug-likeness (QED) is 0.590. The molecule has 3 N–H and O–H groups in total. The van der Waals surface area contributed by atoms with E-state index in [-0.39, 0.29) is 22.9 Å². The molecule has 0 atom stereocenters. The first-order valence-electron chi connectivity index (χ1n) is 8.02. The number of carbonyl (C=O) groups is 1. The van der Waals surface area contributed by atoms with Crippen molar-refractivity contribution in [3.63, 3.8) is 0 Å². The van der Waals surface area contributed by atoms with Crippen LogP contribution in [-0.2, 0) is 11.2 Å². The number of rotatable bonds is 5. The normalized spacial score (nSPS) is 12.1. The van der Waals surface area contributed by atoms with Crippen molar-refractivity contribution in [2.75, 3.05) is 10.6 Å². The number of fused-ring (bicyclic) bond motifs is 1. The lowest BCUT2D eigenvalue weighted by Gasteiger charge is -2.05. The van der Waals surface area contributed by atoms with Crippen molar-refractivity contribution in [2.45, 2.75) is 6.42 Å². The van der Waals surface area contributed by atoms with Crippen LogP contribution < -0.4 is 15.6 Å². The first-order chi connectivity index (χ1) is 13.1. The van der Waals surface area contributed by atoms with Gasteiger partial charge >= 0.3 is 11.5 Å². The second-order valence-corrected chi connectivity index (χ2v) is 6.58. The highest BCUT2D eigenvalue weighted by Gasteiger charge is 2.28. The van der Waals surface area contributed by atoms with Crippen LogP contribution in [0, 0.1) is 4.91 Å². The van der Waals surface area contributed by atoms with Gasteiger partial charge in [-0.2, -0.15) is 0 Å². The molecule has 4 rings (SSSR count). The van der Waals surface area contributed by atoms with E-state index in [9.17, 15) is 9.70 Å².